The van der Waals surface area contributed by atoms with Gasteiger partial charge in [0.25, 0.3) is 0 Å². The Morgan fingerprint density at radius 1 is 1.40 bits per heavy atom. The highest BCUT2D eigenvalue weighted by molar-refractivity contribution is 9.10. The average Bonchev–Trinajstić information content (AvgIpc) is 2.40. The fraction of sp³-hybridized carbons (Fsp3) is 0.533. The van der Waals surface area contributed by atoms with E-state index < -0.39 is 5.97 Å². The van der Waals surface area contributed by atoms with Crippen LogP contribution in [-0.4, -0.2) is 17.1 Å². The van der Waals surface area contributed by atoms with Gasteiger partial charge in [-0.15, -0.1) is 0 Å². The van der Waals surface area contributed by atoms with Crippen LogP contribution in [0.1, 0.15) is 38.7 Å². The van der Waals surface area contributed by atoms with E-state index in [1.54, 1.807) is 19.1 Å². The second-order valence-corrected chi connectivity index (χ2v) is 6.05. The molecule has 0 amide bonds. The minimum absolute atomic E-state index is 0.260. The average molecular weight is 346 g/mol. The van der Waals surface area contributed by atoms with Crippen molar-refractivity contribution in [1.29, 1.82) is 0 Å². The van der Waals surface area contributed by atoms with Gasteiger partial charge in [-0.1, -0.05) is 19.4 Å². The Morgan fingerprint density at radius 3 is 2.70 bits per heavy atom. The molecule has 0 radical (unpaired) electrons. The van der Waals surface area contributed by atoms with Crippen LogP contribution >= 0.6 is 15.9 Å². The van der Waals surface area contributed by atoms with Gasteiger partial charge < -0.3 is 10.4 Å². The molecule has 1 aromatic carbocycles. The first kappa shape index (κ1) is 17.1. The third-order valence-electron chi connectivity index (χ3n) is 3.33. The van der Waals surface area contributed by atoms with Crippen LogP contribution in [0.2, 0.25) is 0 Å². The number of aliphatic carboxylic acids is 1. The zero-order chi connectivity index (χ0) is 15.1. The van der Waals surface area contributed by atoms with E-state index in [0.29, 0.717) is 23.5 Å². The summed E-state index contributed by atoms with van der Waals surface area (Å²) in [5.74, 6) is -1.28. The third kappa shape index (κ3) is 6.01. The summed E-state index contributed by atoms with van der Waals surface area (Å²) in [5, 5.41) is 12.2. The van der Waals surface area contributed by atoms with Gasteiger partial charge in [0.2, 0.25) is 0 Å². The molecule has 0 aliphatic carbocycles. The predicted octanol–water partition coefficient (Wildman–Crippen LogP) is 3.96. The number of carbonyl (C=O) groups is 1. The first-order chi connectivity index (χ1) is 9.40. The summed E-state index contributed by atoms with van der Waals surface area (Å²) in [7, 11) is 0. The SMILES string of the molecule is CC(CCCC(C)C(=O)O)NCc1ccc(F)c(Br)c1. The van der Waals surface area contributed by atoms with E-state index in [2.05, 4.69) is 28.2 Å². The van der Waals surface area contributed by atoms with Crippen LogP contribution in [0.5, 0.6) is 0 Å². The quantitative estimate of drug-likeness (QED) is 0.749. The number of carboxylic acid groups (broad SMARTS) is 1. The van der Waals surface area contributed by atoms with Crippen LogP contribution in [0.25, 0.3) is 0 Å². The molecule has 5 heteroatoms. The first-order valence-electron chi connectivity index (χ1n) is 6.80. The molecule has 0 aliphatic rings. The number of hydrogen-bond donors (Lipinski definition) is 2. The van der Waals surface area contributed by atoms with E-state index in [-0.39, 0.29) is 11.7 Å². The Kier molecular flexibility index (Phi) is 7.16. The molecule has 2 N–H and O–H groups in total. The Morgan fingerprint density at radius 2 is 2.10 bits per heavy atom. The van der Waals surface area contributed by atoms with Gasteiger partial charge in [0.05, 0.1) is 10.4 Å². The molecule has 0 heterocycles. The third-order valence-corrected chi connectivity index (χ3v) is 3.94. The molecule has 0 spiro atoms. The lowest BCUT2D eigenvalue weighted by Crippen LogP contribution is -2.25. The van der Waals surface area contributed by atoms with E-state index in [4.69, 9.17) is 5.11 Å². The van der Waals surface area contributed by atoms with E-state index in [1.807, 2.05) is 0 Å². The monoisotopic (exact) mass is 345 g/mol. The number of carboxylic acids is 1. The smallest absolute Gasteiger partial charge is 0.306 e. The summed E-state index contributed by atoms with van der Waals surface area (Å²) >= 11 is 3.17. The van der Waals surface area contributed by atoms with Gasteiger partial charge in [0, 0.05) is 12.6 Å². The largest absolute Gasteiger partial charge is 0.481 e. The van der Waals surface area contributed by atoms with Crippen LogP contribution in [0.4, 0.5) is 4.39 Å². The predicted molar refractivity (Wildman–Crippen MR) is 81.1 cm³/mol. The highest BCUT2D eigenvalue weighted by Crippen LogP contribution is 2.17. The molecule has 1 rings (SSSR count). The molecule has 0 fully saturated rings. The van der Waals surface area contributed by atoms with E-state index in [0.717, 1.165) is 18.4 Å². The molecular formula is C15H21BrFNO2. The minimum Gasteiger partial charge on any atom is -0.481 e. The van der Waals surface area contributed by atoms with Gasteiger partial charge in [-0.05, 0) is 53.4 Å². The van der Waals surface area contributed by atoms with Crippen molar-refractivity contribution in [3.05, 3.63) is 34.1 Å². The maximum atomic E-state index is 13.1. The summed E-state index contributed by atoms with van der Waals surface area (Å²) < 4.78 is 13.6. The molecule has 0 saturated heterocycles. The highest BCUT2D eigenvalue weighted by Gasteiger charge is 2.11. The molecule has 20 heavy (non-hydrogen) atoms. The van der Waals surface area contributed by atoms with Crippen LogP contribution in [-0.2, 0) is 11.3 Å². The van der Waals surface area contributed by atoms with Gasteiger partial charge in [-0.25, -0.2) is 4.39 Å². The van der Waals surface area contributed by atoms with E-state index in [9.17, 15) is 9.18 Å². The number of benzene rings is 1. The molecule has 112 valence electrons. The molecule has 0 aromatic heterocycles. The van der Waals surface area contributed by atoms with Crippen LogP contribution in [0.15, 0.2) is 22.7 Å². The minimum atomic E-state index is -0.734. The van der Waals surface area contributed by atoms with Crippen LogP contribution in [0, 0.1) is 11.7 Å². The van der Waals surface area contributed by atoms with Crippen molar-refractivity contribution in [3.63, 3.8) is 0 Å². The summed E-state index contributed by atoms with van der Waals surface area (Å²) in [6.45, 7) is 4.48. The lowest BCUT2D eigenvalue weighted by Gasteiger charge is -2.14. The summed E-state index contributed by atoms with van der Waals surface area (Å²) in [6.07, 6.45) is 2.51. The first-order valence-corrected chi connectivity index (χ1v) is 7.59. The maximum Gasteiger partial charge on any atom is 0.306 e. The fourth-order valence-electron chi connectivity index (χ4n) is 1.90. The summed E-state index contributed by atoms with van der Waals surface area (Å²) in [5.41, 5.74) is 1.02. The Hall–Kier alpha value is -0.940. The zero-order valence-corrected chi connectivity index (χ0v) is 13.4. The van der Waals surface area contributed by atoms with Crippen molar-refractivity contribution >= 4 is 21.9 Å². The van der Waals surface area contributed by atoms with Crippen molar-refractivity contribution < 1.29 is 14.3 Å². The zero-order valence-electron chi connectivity index (χ0n) is 11.8. The number of nitrogens with one attached hydrogen (secondary N) is 1. The normalized spacial score (nSPS) is 14.0. The number of halogens is 2. The molecule has 1 aromatic rings. The highest BCUT2D eigenvalue weighted by atomic mass is 79.9. The van der Waals surface area contributed by atoms with Crippen LogP contribution in [0.3, 0.4) is 0 Å². The van der Waals surface area contributed by atoms with Crippen molar-refractivity contribution in [2.45, 2.75) is 45.7 Å². The van der Waals surface area contributed by atoms with Gasteiger partial charge in [0.15, 0.2) is 0 Å². The number of rotatable bonds is 8. The van der Waals surface area contributed by atoms with Gasteiger partial charge in [-0.2, -0.15) is 0 Å². The molecule has 0 saturated carbocycles. The van der Waals surface area contributed by atoms with Crippen molar-refractivity contribution in [2.24, 2.45) is 5.92 Å². The summed E-state index contributed by atoms with van der Waals surface area (Å²) in [6, 6.07) is 5.27. The van der Waals surface area contributed by atoms with E-state index >= 15 is 0 Å². The molecule has 0 bridgehead atoms. The molecule has 0 aliphatic heterocycles. The molecule has 2 unspecified atom stereocenters. The lowest BCUT2D eigenvalue weighted by atomic mass is 10.0. The molecule has 3 nitrogen and oxygen atoms in total. The fourth-order valence-corrected chi connectivity index (χ4v) is 2.32. The molecular weight excluding hydrogens is 325 g/mol. The standard InChI is InChI=1S/C15H21BrFNO2/c1-10(15(19)20)4-3-5-11(2)18-9-12-6-7-14(17)13(16)8-12/h6-8,10-11,18H,3-5,9H2,1-2H3,(H,19,20). The topological polar surface area (TPSA) is 49.3 Å². The second-order valence-electron chi connectivity index (χ2n) is 5.20. The van der Waals surface area contributed by atoms with Crippen molar-refractivity contribution in [3.8, 4) is 0 Å². The van der Waals surface area contributed by atoms with Gasteiger partial charge in [-0.3, -0.25) is 4.79 Å². The van der Waals surface area contributed by atoms with Gasteiger partial charge in [0.1, 0.15) is 5.82 Å². The Bertz CT molecular complexity index is 453. The Balaban J connectivity index is 2.27. The van der Waals surface area contributed by atoms with Crippen molar-refractivity contribution in [1.82, 2.24) is 5.32 Å². The van der Waals surface area contributed by atoms with Gasteiger partial charge >= 0.3 is 5.97 Å². The van der Waals surface area contributed by atoms with Crippen molar-refractivity contribution in [2.75, 3.05) is 0 Å². The lowest BCUT2D eigenvalue weighted by molar-refractivity contribution is -0.141. The summed E-state index contributed by atoms with van der Waals surface area (Å²) in [4.78, 5) is 10.7. The maximum absolute atomic E-state index is 13.1. The number of hydrogen-bond acceptors (Lipinski definition) is 2. The second kappa shape index (κ2) is 8.37. The Labute approximate surface area is 127 Å². The van der Waals surface area contributed by atoms with E-state index in [1.165, 1.54) is 6.07 Å². The molecule has 2 atom stereocenters. The van der Waals surface area contributed by atoms with Crippen LogP contribution < -0.4 is 5.32 Å².